The van der Waals surface area contributed by atoms with Crippen LogP contribution in [0.5, 0.6) is 5.75 Å². The van der Waals surface area contributed by atoms with Gasteiger partial charge < -0.3 is 14.4 Å². The van der Waals surface area contributed by atoms with Crippen LogP contribution >= 0.6 is 11.3 Å². The minimum absolute atomic E-state index is 0.0358. The highest BCUT2D eigenvalue weighted by molar-refractivity contribution is 7.22. The predicted molar refractivity (Wildman–Crippen MR) is 126 cm³/mol. The minimum Gasteiger partial charge on any atom is -0.497 e. The maximum atomic E-state index is 13.2. The van der Waals surface area contributed by atoms with Crippen molar-refractivity contribution in [2.24, 2.45) is 0 Å². The summed E-state index contributed by atoms with van der Waals surface area (Å²) in [5, 5.41) is 11.3. The zero-order valence-electron chi connectivity index (χ0n) is 19.1. The van der Waals surface area contributed by atoms with E-state index < -0.39 is 39.3 Å². The lowest BCUT2D eigenvalue weighted by Gasteiger charge is -2.33. The summed E-state index contributed by atoms with van der Waals surface area (Å²) in [5.74, 6) is 0.0707. The second kappa shape index (κ2) is 9.72. The van der Waals surface area contributed by atoms with Gasteiger partial charge in [-0.3, -0.25) is 14.9 Å². The lowest BCUT2D eigenvalue weighted by molar-refractivity contribution is -0.383. The number of rotatable bonds is 5. The van der Waals surface area contributed by atoms with Gasteiger partial charge >= 0.3 is 12.1 Å². The van der Waals surface area contributed by atoms with Crippen LogP contribution in [0.1, 0.15) is 40.2 Å². The second-order valence-corrected chi connectivity index (χ2v) is 9.11. The van der Waals surface area contributed by atoms with Crippen molar-refractivity contribution >= 4 is 38.2 Å². The lowest BCUT2D eigenvalue weighted by atomic mass is 9.86. The van der Waals surface area contributed by atoms with Crippen LogP contribution in [0.15, 0.2) is 35.1 Å². The number of benzene rings is 2. The largest absolute Gasteiger partial charge is 0.497 e. The standard InChI is InChI=1S/C23H20F3N3O6S/c1-34-14-3-4-15(21(31)35-2)16(11-14)12-5-7-28(8-6-12)22-27-20(30)17-9-13(23(24,25)26)10-18(29(32)33)19(17)36-22/h3-4,9-12H,5-8H2,1-2H3. The first-order chi connectivity index (χ1) is 17.0. The summed E-state index contributed by atoms with van der Waals surface area (Å²) < 4.78 is 49.6. The maximum Gasteiger partial charge on any atom is 0.416 e. The molecule has 0 unspecified atom stereocenters. The van der Waals surface area contributed by atoms with Crippen LogP contribution < -0.4 is 15.2 Å². The van der Waals surface area contributed by atoms with Gasteiger partial charge in [0.2, 0.25) is 0 Å². The highest BCUT2D eigenvalue weighted by Crippen LogP contribution is 2.40. The molecule has 4 rings (SSSR count). The molecule has 0 radical (unpaired) electrons. The number of alkyl halides is 3. The van der Waals surface area contributed by atoms with Crippen molar-refractivity contribution in [1.29, 1.82) is 0 Å². The molecule has 1 aliphatic rings. The van der Waals surface area contributed by atoms with Gasteiger partial charge in [0.15, 0.2) is 5.13 Å². The summed E-state index contributed by atoms with van der Waals surface area (Å²) >= 11 is 0.808. The second-order valence-electron chi connectivity index (χ2n) is 8.13. The van der Waals surface area contributed by atoms with Gasteiger partial charge in [0.1, 0.15) is 10.4 Å². The molecule has 1 aliphatic heterocycles. The van der Waals surface area contributed by atoms with Gasteiger partial charge in [-0.15, -0.1) is 0 Å². The molecule has 0 atom stereocenters. The Morgan fingerprint density at radius 2 is 1.89 bits per heavy atom. The summed E-state index contributed by atoms with van der Waals surface area (Å²) in [6.45, 7) is 0.816. The lowest BCUT2D eigenvalue weighted by Crippen LogP contribution is -2.34. The number of carbonyl (C=O) groups excluding carboxylic acids is 1. The van der Waals surface area contributed by atoms with Crippen LogP contribution in [0.25, 0.3) is 10.1 Å². The Hall–Kier alpha value is -3.74. The molecule has 0 amide bonds. The van der Waals surface area contributed by atoms with Crippen molar-refractivity contribution in [2.45, 2.75) is 24.9 Å². The van der Waals surface area contributed by atoms with E-state index in [1.165, 1.54) is 14.2 Å². The number of methoxy groups -OCH3 is 2. The topological polar surface area (TPSA) is 112 Å². The Morgan fingerprint density at radius 1 is 1.19 bits per heavy atom. The Kier molecular flexibility index (Phi) is 6.85. The number of carbonyl (C=O) groups is 1. The van der Waals surface area contributed by atoms with Crippen molar-refractivity contribution in [3.63, 3.8) is 0 Å². The van der Waals surface area contributed by atoms with Crippen molar-refractivity contribution in [3.05, 3.63) is 67.5 Å². The molecular formula is C23H20F3N3O6S. The average molecular weight is 523 g/mol. The van der Waals surface area contributed by atoms with Crippen molar-refractivity contribution in [3.8, 4) is 5.75 Å². The molecule has 0 N–H and O–H groups in total. The Morgan fingerprint density at radius 3 is 2.47 bits per heavy atom. The molecule has 0 bridgehead atoms. The number of hydrogen-bond acceptors (Lipinski definition) is 9. The maximum absolute atomic E-state index is 13.2. The fourth-order valence-corrected chi connectivity index (χ4v) is 5.38. The third-order valence-corrected chi connectivity index (χ3v) is 7.25. The Bertz CT molecular complexity index is 1400. The van der Waals surface area contributed by atoms with Crippen molar-refractivity contribution in [2.75, 3.05) is 32.2 Å². The van der Waals surface area contributed by atoms with Gasteiger partial charge in [0, 0.05) is 19.2 Å². The number of aromatic nitrogens is 1. The number of nitrogens with zero attached hydrogens (tertiary/aromatic N) is 3. The number of non-ortho nitro benzene ring substituents is 1. The number of anilines is 1. The number of esters is 1. The number of nitro benzene ring substituents is 1. The van der Waals surface area contributed by atoms with E-state index in [4.69, 9.17) is 9.47 Å². The number of fused-ring (bicyclic) bond motifs is 1. The molecule has 1 fully saturated rings. The summed E-state index contributed by atoms with van der Waals surface area (Å²) in [6, 6.07) is 6.11. The zero-order chi connectivity index (χ0) is 26.2. The first-order valence-electron chi connectivity index (χ1n) is 10.7. The van der Waals surface area contributed by atoms with E-state index in [9.17, 15) is 32.9 Å². The number of nitro groups is 1. The first-order valence-corrected chi connectivity index (χ1v) is 11.6. The number of hydrogen-bond donors (Lipinski definition) is 0. The molecule has 2 aromatic carbocycles. The van der Waals surface area contributed by atoms with Crippen LogP contribution in [0.4, 0.5) is 24.0 Å². The SMILES string of the molecule is COC(=O)c1ccc(OC)cc1C1CCN(c2nc(=O)c3cc(C(F)(F)F)cc([N+](=O)[O-])c3s2)CC1. The van der Waals surface area contributed by atoms with E-state index in [0.717, 1.165) is 16.9 Å². The van der Waals surface area contributed by atoms with Crippen molar-refractivity contribution in [1.82, 2.24) is 4.98 Å². The van der Waals surface area contributed by atoms with E-state index in [-0.39, 0.29) is 15.7 Å². The van der Waals surface area contributed by atoms with E-state index in [1.807, 2.05) is 0 Å². The molecule has 2 heterocycles. The molecule has 3 aromatic rings. The highest BCUT2D eigenvalue weighted by Gasteiger charge is 2.35. The average Bonchev–Trinajstić information content (AvgIpc) is 2.86. The zero-order valence-corrected chi connectivity index (χ0v) is 19.9. The van der Waals surface area contributed by atoms with Crippen LogP contribution in [0.3, 0.4) is 0 Å². The number of ether oxygens (including phenoxy) is 2. The van der Waals surface area contributed by atoms with E-state index in [0.29, 0.717) is 49.4 Å². The number of halogens is 3. The van der Waals surface area contributed by atoms with Gasteiger partial charge in [0.05, 0.1) is 35.7 Å². The summed E-state index contributed by atoms with van der Waals surface area (Å²) in [6.07, 6.45) is -3.72. The van der Waals surface area contributed by atoms with E-state index >= 15 is 0 Å². The van der Waals surface area contributed by atoms with E-state index in [1.54, 1.807) is 23.1 Å². The van der Waals surface area contributed by atoms with Gasteiger partial charge in [0.25, 0.3) is 11.2 Å². The molecule has 1 saturated heterocycles. The van der Waals surface area contributed by atoms with Crippen LogP contribution in [0, 0.1) is 10.1 Å². The fourth-order valence-electron chi connectivity index (χ4n) is 4.26. The molecule has 13 heteroatoms. The van der Waals surface area contributed by atoms with Crippen LogP contribution in [0.2, 0.25) is 0 Å². The third kappa shape index (κ3) is 4.83. The molecule has 190 valence electrons. The summed E-state index contributed by atoms with van der Waals surface area (Å²) in [7, 11) is 2.81. The first kappa shape index (κ1) is 25.4. The Labute approximate surface area is 206 Å². The predicted octanol–water partition coefficient (Wildman–Crippen LogP) is 4.76. The van der Waals surface area contributed by atoms with Gasteiger partial charge in [-0.05, 0) is 48.6 Å². The molecule has 0 spiro atoms. The minimum atomic E-state index is -4.85. The molecule has 9 nitrogen and oxygen atoms in total. The van der Waals surface area contributed by atoms with Gasteiger partial charge in [-0.1, -0.05) is 11.3 Å². The summed E-state index contributed by atoms with van der Waals surface area (Å²) in [5.41, 5.74) is -1.85. The van der Waals surface area contributed by atoms with Crippen molar-refractivity contribution < 1.29 is 32.4 Å². The Balaban J connectivity index is 1.66. The molecule has 0 saturated carbocycles. The van der Waals surface area contributed by atoms with Gasteiger partial charge in [-0.25, -0.2) is 4.79 Å². The monoisotopic (exact) mass is 523 g/mol. The molecule has 0 aliphatic carbocycles. The fraction of sp³-hybridized carbons (Fsp3) is 0.348. The van der Waals surface area contributed by atoms with E-state index in [2.05, 4.69) is 4.98 Å². The molecule has 36 heavy (non-hydrogen) atoms. The molecule has 1 aromatic heterocycles. The van der Waals surface area contributed by atoms with Gasteiger partial charge in [-0.2, -0.15) is 18.2 Å². The quantitative estimate of drug-likeness (QED) is 0.267. The molecular weight excluding hydrogens is 503 g/mol. The highest BCUT2D eigenvalue weighted by atomic mass is 32.1. The van der Waals surface area contributed by atoms with Crippen LogP contribution in [-0.4, -0.2) is 43.2 Å². The smallest absolute Gasteiger partial charge is 0.416 e. The van der Waals surface area contributed by atoms with Crippen LogP contribution in [-0.2, 0) is 10.9 Å². The normalized spacial score (nSPS) is 14.6. The third-order valence-electron chi connectivity index (χ3n) is 6.08. The number of piperidine rings is 1. The summed E-state index contributed by atoms with van der Waals surface area (Å²) in [4.78, 5) is 41.2.